The number of benzene rings is 1. The summed E-state index contributed by atoms with van der Waals surface area (Å²) in [5.74, 6) is -0.970. The van der Waals surface area contributed by atoms with Crippen molar-refractivity contribution in [2.24, 2.45) is 0 Å². The molecule has 1 aromatic rings. The Hall–Kier alpha value is -1.71. The van der Waals surface area contributed by atoms with Crippen molar-refractivity contribution in [2.75, 3.05) is 6.54 Å². The highest BCUT2D eigenvalue weighted by Crippen LogP contribution is 2.18. The Morgan fingerprint density at radius 1 is 1.24 bits per heavy atom. The van der Waals surface area contributed by atoms with Crippen molar-refractivity contribution in [3.63, 3.8) is 0 Å². The summed E-state index contributed by atoms with van der Waals surface area (Å²) in [5.41, 5.74) is 2.00. The molecular weight excluding hydrogens is 221 g/mol. The highest BCUT2D eigenvalue weighted by Gasteiger charge is 2.29. The summed E-state index contributed by atoms with van der Waals surface area (Å²) >= 11 is 0. The van der Waals surface area contributed by atoms with Gasteiger partial charge in [-0.15, -0.1) is 0 Å². The van der Waals surface area contributed by atoms with E-state index in [2.05, 4.69) is 0 Å². The molecule has 0 unspecified atom stereocenters. The minimum Gasteiger partial charge on any atom is -0.331 e. The number of likely N-dealkylation sites (tertiary alicyclic amines) is 1. The lowest BCUT2D eigenvalue weighted by molar-refractivity contribution is -0.140. The first-order chi connectivity index (χ1) is 7.99. The van der Waals surface area contributed by atoms with Gasteiger partial charge in [-0.2, -0.15) is 0 Å². The monoisotopic (exact) mass is 235 g/mol. The molecule has 0 aliphatic carbocycles. The fraction of sp³-hybridized carbons (Fsp3) is 0.385. The maximum absolute atomic E-state index is 13.4. The van der Waals surface area contributed by atoms with Crippen LogP contribution in [0.5, 0.6) is 0 Å². The molecule has 0 spiro atoms. The van der Waals surface area contributed by atoms with Gasteiger partial charge in [0.2, 0.25) is 5.78 Å². The zero-order valence-corrected chi connectivity index (χ0v) is 9.92. The van der Waals surface area contributed by atoms with E-state index in [1.807, 2.05) is 0 Å². The molecule has 0 radical (unpaired) electrons. The second kappa shape index (κ2) is 4.28. The average Bonchev–Trinajstić information content (AvgIpc) is 2.58. The number of carbonyl (C=O) groups excluding carboxylic acids is 2. The number of rotatable bonds is 2. The molecule has 1 amide bonds. The van der Waals surface area contributed by atoms with Crippen LogP contribution >= 0.6 is 0 Å². The summed E-state index contributed by atoms with van der Waals surface area (Å²) in [4.78, 5) is 24.1. The Bertz CT molecular complexity index is 473. The summed E-state index contributed by atoms with van der Waals surface area (Å²) in [6, 6.07) is 3.44. The van der Waals surface area contributed by atoms with Crippen molar-refractivity contribution in [3.8, 4) is 0 Å². The number of Topliss-reactive ketones (excluding diaryl/α,β-unsaturated/α-hetero) is 1. The molecule has 17 heavy (non-hydrogen) atoms. The van der Waals surface area contributed by atoms with Crippen LogP contribution in [0, 0.1) is 19.7 Å². The van der Waals surface area contributed by atoms with Crippen LogP contribution in [-0.2, 0) is 16.1 Å². The van der Waals surface area contributed by atoms with Crippen molar-refractivity contribution in [1.29, 1.82) is 0 Å². The number of halogens is 1. The molecule has 0 aromatic heterocycles. The zero-order chi connectivity index (χ0) is 12.6. The number of carbonyl (C=O) groups is 2. The Morgan fingerprint density at radius 2 is 1.82 bits per heavy atom. The van der Waals surface area contributed by atoms with E-state index < -0.39 is 5.91 Å². The fourth-order valence-electron chi connectivity index (χ4n) is 2.12. The average molecular weight is 235 g/mol. The van der Waals surface area contributed by atoms with Gasteiger partial charge in [0, 0.05) is 19.5 Å². The number of aryl methyl sites for hydroxylation is 2. The Labute approximate surface area is 99.2 Å². The molecule has 3 nitrogen and oxygen atoms in total. The van der Waals surface area contributed by atoms with Crippen molar-refractivity contribution in [1.82, 2.24) is 4.90 Å². The van der Waals surface area contributed by atoms with Crippen LogP contribution in [0.25, 0.3) is 0 Å². The van der Waals surface area contributed by atoms with Crippen LogP contribution < -0.4 is 0 Å². The highest BCUT2D eigenvalue weighted by atomic mass is 19.1. The maximum Gasteiger partial charge on any atom is 0.290 e. The van der Waals surface area contributed by atoms with E-state index in [-0.39, 0.29) is 18.0 Å². The van der Waals surface area contributed by atoms with Crippen molar-refractivity contribution in [2.45, 2.75) is 26.8 Å². The largest absolute Gasteiger partial charge is 0.331 e. The molecule has 1 aliphatic rings. The predicted molar refractivity (Wildman–Crippen MR) is 60.9 cm³/mol. The normalized spacial score (nSPS) is 15.8. The van der Waals surface area contributed by atoms with Crippen molar-refractivity contribution in [3.05, 3.63) is 34.6 Å². The molecule has 1 fully saturated rings. The smallest absolute Gasteiger partial charge is 0.290 e. The first kappa shape index (κ1) is 11.8. The molecule has 1 aliphatic heterocycles. The minimum atomic E-state index is -0.426. The van der Waals surface area contributed by atoms with Crippen LogP contribution in [0.4, 0.5) is 4.39 Å². The first-order valence-corrected chi connectivity index (χ1v) is 5.57. The minimum absolute atomic E-state index is 0.211. The van der Waals surface area contributed by atoms with E-state index >= 15 is 0 Å². The van der Waals surface area contributed by atoms with Gasteiger partial charge in [0.1, 0.15) is 5.82 Å². The molecule has 0 atom stereocenters. The van der Waals surface area contributed by atoms with Crippen LogP contribution in [0.1, 0.15) is 23.1 Å². The quantitative estimate of drug-likeness (QED) is 0.732. The van der Waals surface area contributed by atoms with Gasteiger partial charge in [-0.1, -0.05) is 12.1 Å². The number of hydrogen-bond acceptors (Lipinski definition) is 2. The van der Waals surface area contributed by atoms with Gasteiger partial charge in [0.05, 0.1) is 0 Å². The fourth-order valence-corrected chi connectivity index (χ4v) is 2.12. The molecule has 0 bridgehead atoms. The third kappa shape index (κ3) is 2.20. The maximum atomic E-state index is 13.4. The molecule has 90 valence electrons. The predicted octanol–water partition coefficient (Wildman–Crippen LogP) is 1.74. The molecule has 2 rings (SSSR count). The highest BCUT2D eigenvalue weighted by molar-refractivity contribution is 6.37. The van der Waals surface area contributed by atoms with Gasteiger partial charge in [0.15, 0.2) is 0 Å². The summed E-state index contributed by atoms with van der Waals surface area (Å²) in [6.45, 7) is 4.24. The summed E-state index contributed by atoms with van der Waals surface area (Å²) in [7, 11) is 0. The van der Waals surface area contributed by atoms with Crippen LogP contribution in [0.15, 0.2) is 12.1 Å². The zero-order valence-electron chi connectivity index (χ0n) is 9.92. The van der Waals surface area contributed by atoms with E-state index in [0.29, 0.717) is 24.2 Å². The van der Waals surface area contributed by atoms with Gasteiger partial charge < -0.3 is 4.90 Å². The topological polar surface area (TPSA) is 37.4 Å². The van der Waals surface area contributed by atoms with Gasteiger partial charge in [0.25, 0.3) is 5.91 Å². The Balaban J connectivity index is 2.20. The second-order valence-corrected chi connectivity index (χ2v) is 4.44. The summed E-state index contributed by atoms with van der Waals surface area (Å²) in [5, 5.41) is 0. The van der Waals surface area contributed by atoms with Gasteiger partial charge in [-0.05, 0) is 30.5 Å². The lowest BCUT2D eigenvalue weighted by Crippen LogP contribution is -2.26. The number of nitrogens with zero attached hydrogens (tertiary/aromatic N) is 1. The Morgan fingerprint density at radius 3 is 2.29 bits per heavy atom. The van der Waals surface area contributed by atoms with Crippen molar-refractivity contribution >= 4 is 11.7 Å². The van der Waals surface area contributed by atoms with Crippen molar-refractivity contribution < 1.29 is 14.0 Å². The lowest BCUT2D eigenvalue weighted by atomic mass is 10.1. The van der Waals surface area contributed by atoms with Crippen LogP contribution in [0.3, 0.4) is 0 Å². The number of amides is 1. The summed E-state index contributed by atoms with van der Waals surface area (Å²) in [6.07, 6.45) is 0.290. The molecule has 4 heteroatoms. The first-order valence-electron chi connectivity index (χ1n) is 5.57. The van der Waals surface area contributed by atoms with Gasteiger partial charge in [-0.25, -0.2) is 4.39 Å². The van der Waals surface area contributed by atoms with E-state index in [1.165, 1.54) is 4.90 Å². The number of ketones is 1. The molecular formula is C13H14FNO2. The Kier molecular flexibility index (Phi) is 2.96. The van der Waals surface area contributed by atoms with Crippen LogP contribution in [0.2, 0.25) is 0 Å². The molecule has 1 aromatic carbocycles. The van der Waals surface area contributed by atoms with Gasteiger partial charge >= 0.3 is 0 Å². The molecule has 0 N–H and O–H groups in total. The van der Waals surface area contributed by atoms with E-state index in [4.69, 9.17) is 0 Å². The molecule has 1 saturated heterocycles. The lowest BCUT2D eigenvalue weighted by Gasteiger charge is -2.15. The third-order valence-corrected chi connectivity index (χ3v) is 3.00. The standard InChI is InChI=1S/C13H14FNO2/c1-8-5-10(6-9(2)12(8)14)7-15-4-3-11(16)13(15)17/h5-6H,3-4,7H2,1-2H3. The van der Waals surface area contributed by atoms with Crippen LogP contribution in [-0.4, -0.2) is 23.1 Å². The van der Waals surface area contributed by atoms with E-state index in [9.17, 15) is 14.0 Å². The SMILES string of the molecule is Cc1cc(CN2CCC(=O)C2=O)cc(C)c1F. The third-order valence-electron chi connectivity index (χ3n) is 3.00. The van der Waals surface area contributed by atoms with E-state index in [0.717, 1.165) is 5.56 Å². The van der Waals surface area contributed by atoms with Gasteiger partial charge in [-0.3, -0.25) is 9.59 Å². The van der Waals surface area contributed by atoms with E-state index in [1.54, 1.807) is 26.0 Å². The number of hydrogen-bond donors (Lipinski definition) is 0. The summed E-state index contributed by atoms with van der Waals surface area (Å²) < 4.78 is 13.4. The molecule has 1 heterocycles. The molecule has 0 saturated carbocycles. The second-order valence-electron chi connectivity index (χ2n) is 4.44.